The van der Waals surface area contributed by atoms with Gasteiger partial charge in [-0.2, -0.15) is 3.97 Å². The van der Waals surface area contributed by atoms with Crippen LogP contribution in [-0.2, 0) is 29.5 Å². The van der Waals surface area contributed by atoms with Gasteiger partial charge in [-0.3, -0.25) is 9.47 Å². The summed E-state index contributed by atoms with van der Waals surface area (Å²) in [6.45, 7) is 1.55. The lowest BCUT2D eigenvalue weighted by Crippen LogP contribution is -2.50. The van der Waals surface area contributed by atoms with Gasteiger partial charge in [0.05, 0.1) is 15.9 Å². The predicted octanol–water partition coefficient (Wildman–Crippen LogP) is 7.43. The summed E-state index contributed by atoms with van der Waals surface area (Å²) in [4.78, 5) is 31.1. The van der Waals surface area contributed by atoms with Crippen LogP contribution >= 0.6 is 0 Å². The van der Waals surface area contributed by atoms with Gasteiger partial charge < -0.3 is 10.0 Å². The molecule has 1 aromatic heterocycles. The van der Waals surface area contributed by atoms with Gasteiger partial charge in [-0.25, -0.2) is 18.0 Å². The molecule has 1 aliphatic heterocycles. The Balaban J connectivity index is 1.27. The summed E-state index contributed by atoms with van der Waals surface area (Å²) in [7, 11) is -4.20. The molecule has 10 heteroatoms. The van der Waals surface area contributed by atoms with E-state index < -0.39 is 33.9 Å². The molecule has 1 N–H and O–H groups in total. The number of likely N-dealkylation sites (tertiary alicyclic amines) is 1. The standard InChI is InChI=1S/C42H42N4O5S/c47-41-45(39-23-13-14-24-40(39)46(41)52(50,51)38-21-11-4-12-22-38)35-25-26-44(42(48)49)37(28-35)29-36(27-32-15-5-1-6-16-32)43(30-33-17-7-2-8-18-33)31-34-19-9-3-10-20-34/h1-24,35-37H,25-31H2,(H,48,49)/t35?,36?,37-/m1/s1. The highest BCUT2D eigenvalue weighted by molar-refractivity contribution is 7.90. The first-order valence-electron chi connectivity index (χ1n) is 17.7. The number of carboxylic acid groups (broad SMARTS) is 1. The van der Waals surface area contributed by atoms with E-state index in [0.29, 0.717) is 49.8 Å². The number of hydrogen-bond donors (Lipinski definition) is 1. The van der Waals surface area contributed by atoms with Crippen LogP contribution in [0.5, 0.6) is 0 Å². The third kappa shape index (κ3) is 7.44. The van der Waals surface area contributed by atoms with Gasteiger partial charge in [0, 0.05) is 37.8 Å². The second-order valence-electron chi connectivity index (χ2n) is 13.5. The van der Waals surface area contributed by atoms with E-state index in [1.165, 1.54) is 17.0 Å². The van der Waals surface area contributed by atoms with Crippen molar-refractivity contribution < 1.29 is 18.3 Å². The molecule has 0 aliphatic carbocycles. The molecule has 2 heterocycles. The van der Waals surface area contributed by atoms with Crippen molar-refractivity contribution in [1.29, 1.82) is 0 Å². The number of hydrogen-bond acceptors (Lipinski definition) is 5. The van der Waals surface area contributed by atoms with Crippen LogP contribution in [0.1, 0.15) is 42.0 Å². The van der Waals surface area contributed by atoms with Crippen LogP contribution in [0.2, 0.25) is 0 Å². The Morgan fingerprint density at radius 3 is 1.77 bits per heavy atom. The molecule has 6 aromatic rings. The number of fused-ring (bicyclic) bond motifs is 1. The average Bonchev–Trinajstić information content (AvgIpc) is 3.48. The number of rotatable bonds is 12. The minimum absolute atomic E-state index is 0.0271. The third-order valence-electron chi connectivity index (χ3n) is 10.2. The zero-order valence-corrected chi connectivity index (χ0v) is 29.6. The second-order valence-corrected chi connectivity index (χ2v) is 15.3. The highest BCUT2D eigenvalue weighted by atomic mass is 32.2. The summed E-state index contributed by atoms with van der Waals surface area (Å²) >= 11 is 0. The van der Waals surface area contributed by atoms with E-state index in [0.717, 1.165) is 20.7 Å². The molecule has 266 valence electrons. The van der Waals surface area contributed by atoms with E-state index >= 15 is 0 Å². The lowest BCUT2D eigenvalue weighted by Gasteiger charge is -2.42. The Hall–Kier alpha value is -5.45. The summed E-state index contributed by atoms with van der Waals surface area (Å²) in [5.74, 6) is 0. The van der Waals surface area contributed by atoms with Crippen LogP contribution in [0.15, 0.2) is 155 Å². The molecule has 1 saturated heterocycles. The molecule has 0 bridgehead atoms. The van der Waals surface area contributed by atoms with Crippen LogP contribution in [0, 0.1) is 0 Å². The summed E-state index contributed by atoms with van der Waals surface area (Å²) in [5.41, 5.74) is 3.63. The highest BCUT2D eigenvalue weighted by Gasteiger charge is 2.38. The molecular weight excluding hydrogens is 673 g/mol. The molecule has 7 rings (SSSR count). The summed E-state index contributed by atoms with van der Waals surface area (Å²) in [6.07, 6.45) is 0.961. The number of aromatic nitrogens is 2. The minimum atomic E-state index is -4.20. The monoisotopic (exact) mass is 714 g/mol. The fourth-order valence-electron chi connectivity index (χ4n) is 7.68. The van der Waals surface area contributed by atoms with Gasteiger partial charge in [0.15, 0.2) is 0 Å². The van der Waals surface area contributed by atoms with Gasteiger partial charge in [0.2, 0.25) is 0 Å². The zero-order valence-electron chi connectivity index (χ0n) is 28.8. The summed E-state index contributed by atoms with van der Waals surface area (Å²) in [6, 6.07) is 44.9. The lowest BCUT2D eigenvalue weighted by atomic mass is 9.89. The smallest absolute Gasteiger partial charge is 0.407 e. The maximum absolute atomic E-state index is 14.3. The first-order chi connectivity index (χ1) is 25.3. The van der Waals surface area contributed by atoms with Crippen LogP contribution in [0.3, 0.4) is 0 Å². The van der Waals surface area contributed by atoms with E-state index in [9.17, 15) is 23.1 Å². The van der Waals surface area contributed by atoms with Gasteiger partial charge in [-0.05, 0) is 66.6 Å². The van der Waals surface area contributed by atoms with Gasteiger partial charge in [-0.15, -0.1) is 0 Å². The Morgan fingerprint density at radius 2 is 1.21 bits per heavy atom. The number of amides is 1. The first-order valence-corrected chi connectivity index (χ1v) is 19.1. The van der Waals surface area contributed by atoms with Gasteiger partial charge >= 0.3 is 11.8 Å². The largest absolute Gasteiger partial charge is 0.465 e. The average molecular weight is 715 g/mol. The molecule has 0 spiro atoms. The molecule has 1 aliphatic rings. The van der Waals surface area contributed by atoms with E-state index in [4.69, 9.17) is 0 Å². The van der Waals surface area contributed by atoms with Crippen molar-refractivity contribution in [2.24, 2.45) is 0 Å². The van der Waals surface area contributed by atoms with Crippen molar-refractivity contribution in [3.63, 3.8) is 0 Å². The zero-order chi connectivity index (χ0) is 36.1. The second kappa shape index (κ2) is 15.4. The number of carbonyl (C=O) groups is 1. The molecule has 0 saturated carbocycles. The van der Waals surface area contributed by atoms with Crippen LogP contribution in [0.4, 0.5) is 4.79 Å². The van der Waals surface area contributed by atoms with E-state index in [2.05, 4.69) is 41.3 Å². The predicted molar refractivity (Wildman–Crippen MR) is 203 cm³/mol. The number of nitrogens with zero attached hydrogens (tertiary/aromatic N) is 4. The van der Waals surface area contributed by atoms with Crippen LogP contribution in [0.25, 0.3) is 11.0 Å². The number of piperidine rings is 1. The van der Waals surface area contributed by atoms with Crippen molar-refractivity contribution in [1.82, 2.24) is 18.3 Å². The Kier molecular flexibility index (Phi) is 10.4. The van der Waals surface area contributed by atoms with E-state index in [1.54, 1.807) is 47.0 Å². The normalized spacial score (nSPS) is 17.0. The molecule has 0 radical (unpaired) electrons. The lowest BCUT2D eigenvalue weighted by molar-refractivity contribution is 0.0652. The molecule has 3 atom stereocenters. The molecule has 52 heavy (non-hydrogen) atoms. The molecule has 1 fully saturated rings. The van der Waals surface area contributed by atoms with Crippen molar-refractivity contribution in [2.75, 3.05) is 6.54 Å². The molecule has 5 aromatic carbocycles. The Labute approximate surface area is 304 Å². The van der Waals surface area contributed by atoms with E-state index in [-0.39, 0.29) is 17.5 Å². The fraction of sp³-hybridized carbons (Fsp3) is 0.238. The van der Waals surface area contributed by atoms with E-state index in [1.807, 2.05) is 54.6 Å². The fourth-order valence-corrected chi connectivity index (χ4v) is 9.10. The van der Waals surface area contributed by atoms with Gasteiger partial charge in [0.25, 0.3) is 10.0 Å². The summed E-state index contributed by atoms with van der Waals surface area (Å²) < 4.78 is 30.3. The number of benzene rings is 5. The van der Waals surface area contributed by atoms with Gasteiger partial charge in [0.1, 0.15) is 0 Å². The Morgan fingerprint density at radius 1 is 0.712 bits per heavy atom. The van der Waals surface area contributed by atoms with Crippen LogP contribution in [-0.4, -0.2) is 56.6 Å². The third-order valence-corrected chi connectivity index (χ3v) is 11.9. The molecule has 2 unspecified atom stereocenters. The SMILES string of the molecule is O=C(O)N1CCC(n2c(=O)n(S(=O)(=O)c3ccccc3)c3ccccc32)C[C@@H]1CC(Cc1ccccc1)N(Cc1ccccc1)Cc1ccccc1. The number of para-hydroxylation sites is 2. The molecule has 1 amide bonds. The summed E-state index contributed by atoms with van der Waals surface area (Å²) in [5, 5.41) is 10.5. The van der Waals surface area contributed by atoms with Crippen molar-refractivity contribution in [3.05, 3.63) is 173 Å². The number of imidazole rings is 1. The topological polar surface area (TPSA) is 105 Å². The maximum atomic E-state index is 14.3. The minimum Gasteiger partial charge on any atom is -0.465 e. The van der Waals surface area contributed by atoms with Crippen molar-refractivity contribution in [3.8, 4) is 0 Å². The quantitative estimate of drug-likeness (QED) is 0.142. The van der Waals surface area contributed by atoms with Crippen molar-refractivity contribution >= 4 is 27.1 Å². The maximum Gasteiger partial charge on any atom is 0.407 e. The van der Waals surface area contributed by atoms with Crippen molar-refractivity contribution in [2.45, 2.75) is 61.8 Å². The molecular formula is C42H42N4O5S. The highest BCUT2D eigenvalue weighted by Crippen LogP contribution is 2.34. The first kappa shape index (κ1) is 35.0. The Bertz CT molecular complexity index is 2240. The molecule has 9 nitrogen and oxygen atoms in total. The van der Waals surface area contributed by atoms with Crippen LogP contribution < -0.4 is 5.69 Å². The van der Waals surface area contributed by atoms with Gasteiger partial charge in [-0.1, -0.05) is 121 Å².